The lowest BCUT2D eigenvalue weighted by atomic mass is 10.2. The predicted molar refractivity (Wildman–Crippen MR) is 72.9 cm³/mol. The summed E-state index contributed by atoms with van der Waals surface area (Å²) in [6, 6.07) is 0. The van der Waals surface area contributed by atoms with Crippen molar-refractivity contribution < 1.29 is 4.79 Å². The highest BCUT2D eigenvalue weighted by Gasteiger charge is 1.99. The average Bonchev–Trinajstić information content (AvgIpc) is 2.29. The highest BCUT2D eigenvalue weighted by Crippen LogP contribution is 2.01. The van der Waals surface area contributed by atoms with Crippen molar-refractivity contribution in [1.29, 1.82) is 0 Å². The van der Waals surface area contributed by atoms with Crippen LogP contribution in [0, 0.1) is 0 Å². The molecule has 0 aliphatic carbocycles. The predicted octanol–water partition coefficient (Wildman–Crippen LogP) is 2.11. The van der Waals surface area contributed by atoms with Gasteiger partial charge in [-0.3, -0.25) is 4.79 Å². The molecule has 0 aliphatic rings. The Hall–Kier alpha value is -0.220. The summed E-state index contributed by atoms with van der Waals surface area (Å²) in [5, 5.41) is 2.95. The van der Waals surface area contributed by atoms with Gasteiger partial charge in [0.15, 0.2) is 0 Å². The van der Waals surface area contributed by atoms with Gasteiger partial charge in [-0.15, -0.1) is 0 Å². The zero-order valence-electron chi connectivity index (χ0n) is 10.2. The second-order valence-electron chi connectivity index (χ2n) is 4.09. The van der Waals surface area contributed by atoms with Gasteiger partial charge in [-0.2, -0.15) is 12.6 Å². The lowest BCUT2D eigenvalue weighted by Crippen LogP contribution is -2.24. The number of hydrogen-bond acceptors (Lipinski definition) is 3. The molecule has 0 bridgehead atoms. The Bertz CT molecular complexity index is 165. The number of hydrogen-bond donors (Lipinski definition) is 3. The summed E-state index contributed by atoms with van der Waals surface area (Å²) in [4.78, 5) is 11.3. The van der Waals surface area contributed by atoms with Gasteiger partial charge >= 0.3 is 0 Å². The third kappa shape index (κ3) is 11.9. The van der Waals surface area contributed by atoms with Gasteiger partial charge in [0.1, 0.15) is 0 Å². The van der Waals surface area contributed by atoms with E-state index in [4.69, 9.17) is 5.73 Å². The van der Waals surface area contributed by atoms with E-state index < -0.39 is 0 Å². The standard InChI is InChI=1S/C12H26N2OS/c13-9-5-3-4-8-12(15)14-10-6-1-2-7-11-16/h16H,1-11,13H2,(H,14,15). The summed E-state index contributed by atoms with van der Waals surface area (Å²) in [7, 11) is 0. The van der Waals surface area contributed by atoms with Gasteiger partial charge in [-0.1, -0.05) is 19.3 Å². The molecule has 4 heteroatoms. The van der Waals surface area contributed by atoms with Gasteiger partial charge in [-0.25, -0.2) is 0 Å². The quantitative estimate of drug-likeness (QED) is 0.386. The zero-order valence-corrected chi connectivity index (χ0v) is 11.1. The van der Waals surface area contributed by atoms with Crippen molar-refractivity contribution in [2.45, 2.75) is 51.4 Å². The fraction of sp³-hybridized carbons (Fsp3) is 0.917. The fourth-order valence-corrected chi connectivity index (χ4v) is 1.74. The van der Waals surface area contributed by atoms with Crippen LogP contribution in [0.3, 0.4) is 0 Å². The summed E-state index contributed by atoms with van der Waals surface area (Å²) in [5.74, 6) is 1.15. The molecule has 3 nitrogen and oxygen atoms in total. The molecular weight excluding hydrogens is 220 g/mol. The number of thiol groups is 1. The lowest BCUT2D eigenvalue weighted by Gasteiger charge is -2.04. The largest absolute Gasteiger partial charge is 0.356 e. The highest BCUT2D eigenvalue weighted by molar-refractivity contribution is 7.80. The smallest absolute Gasteiger partial charge is 0.219 e. The van der Waals surface area contributed by atoms with Crippen LogP contribution in [0.15, 0.2) is 0 Å². The summed E-state index contributed by atoms with van der Waals surface area (Å²) >= 11 is 4.16. The first-order chi connectivity index (χ1) is 7.81. The molecule has 0 fully saturated rings. The number of carbonyl (C=O) groups is 1. The second kappa shape index (κ2) is 12.8. The van der Waals surface area contributed by atoms with Crippen molar-refractivity contribution in [2.24, 2.45) is 5.73 Å². The molecule has 0 saturated heterocycles. The lowest BCUT2D eigenvalue weighted by molar-refractivity contribution is -0.121. The topological polar surface area (TPSA) is 55.1 Å². The van der Waals surface area contributed by atoms with Gasteiger partial charge in [0, 0.05) is 13.0 Å². The van der Waals surface area contributed by atoms with E-state index in [1.54, 1.807) is 0 Å². The van der Waals surface area contributed by atoms with Crippen LogP contribution >= 0.6 is 12.6 Å². The van der Waals surface area contributed by atoms with Crippen LogP contribution in [0.4, 0.5) is 0 Å². The maximum atomic E-state index is 11.3. The zero-order chi connectivity index (χ0) is 12.1. The Morgan fingerprint density at radius 1 is 1.00 bits per heavy atom. The van der Waals surface area contributed by atoms with Crippen molar-refractivity contribution in [2.75, 3.05) is 18.8 Å². The minimum atomic E-state index is 0.186. The van der Waals surface area contributed by atoms with Crippen LogP contribution in [0.2, 0.25) is 0 Å². The van der Waals surface area contributed by atoms with E-state index in [1.807, 2.05) is 0 Å². The van der Waals surface area contributed by atoms with Crippen LogP contribution in [-0.2, 0) is 4.79 Å². The van der Waals surface area contributed by atoms with Gasteiger partial charge in [0.2, 0.25) is 5.91 Å². The van der Waals surface area contributed by atoms with Gasteiger partial charge in [0.25, 0.3) is 0 Å². The van der Waals surface area contributed by atoms with Gasteiger partial charge in [-0.05, 0) is 38.0 Å². The molecule has 0 radical (unpaired) electrons. The van der Waals surface area contributed by atoms with Crippen molar-refractivity contribution in [3.05, 3.63) is 0 Å². The Labute approximate surface area is 105 Å². The molecule has 0 rings (SSSR count). The van der Waals surface area contributed by atoms with Crippen molar-refractivity contribution in [3.8, 4) is 0 Å². The number of rotatable bonds is 11. The molecule has 0 unspecified atom stereocenters. The van der Waals surface area contributed by atoms with E-state index in [0.29, 0.717) is 6.42 Å². The maximum Gasteiger partial charge on any atom is 0.219 e. The van der Waals surface area contributed by atoms with E-state index in [0.717, 1.165) is 44.5 Å². The number of carbonyl (C=O) groups excluding carboxylic acids is 1. The molecular formula is C12H26N2OS. The summed E-state index contributed by atoms with van der Waals surface area (Å²) in [6.45, 7) is 1.55. The molecule has 0 spiro atoms. The molecule has 0 atom stereocenters. The number of nitrogens with one attached hydrogen (secondary N) is 1. The Kier molecular flexibility index (Phi) is 12.7. The van der Waals surface area contributed by atoms with Crippen molar-refractivity contribution >= 4 is 18.5 Å². The first-order valence-corrected chi connectivity index (χ1v) is 7.02. The van der Waals surface area contributed by atoms with Crippen molar-refractivity contribution in [1.82, 2.24) is 5.32 Å². The SMILES string of the molecule is NCCCCCC(=O)NCCCCCCS. The molecule has 0 aromatic carbocycles. The number of unbranched alkanes of at least 4 members (excludes halogenated alkanes) is 5. The molecule has 0 saturated carbocycles. The Balaban J connectivity index is 3.11. The van der Waals surface area contributed by atoms with E-state index >= 15 is 0 Å². The van der Waals surface area contributed by atoms with Crippen molar-refractivity contribution in [3.63, 3.8) is 0 Å². The Morgan fingerprint density at radius 3 is 2.38 bits per heavy atom. The minimum Gasteiger partial charge on any atom is -0.356 e. The van der Waals surface area contributed by atoms with E-state index in [9.17, 15) is 4.79 Å². The molecule has 1 amide bonds. The Morgan fingerprint density at radius 2 is 1.69 bits per heavy atom. The fourth-order valence-electron chi connectivity index (χ4n) is 1.51. The number of nitrogens with two attached hydrogens (primary N) is 1. The molecule has 3 N–H and O–H groups in total. The molecule has 0 aromatic rings. The third-order valence-electron chi connectivity index (χ3n) is 2.52. The highest BCUT2D eigenvalue weighted by atomic mass is 32.1. The summed E-state index contributed by atoms with van der Waals surface area (Å²) in [6.07, 6.45) is 8.37. The molecule has 0 aromatic heterocycles. The van der Waals surface area contributed by atoms with Crippen LogP contribution in [0.25, 0.3) is 0 Å². The van der Waals surface area contributed by atoms with E-state index in [2.05, 4.69) is 17.9 Å². The minimum absolute atomic E-state index is 0.186. The first kappa shape index (κ1) is 15.8. The van der Waals surface area contributed by atoms with Crippen LogP contribution in [-0.4, -0.2) is 24.7 Å². The molecule has 0 aliphatic heterocycles. The second-order valence-corrected chi connectivity index (χ2v) is 4.53. The summed E-state index contributed by atoms with van der Waals surface area (Å²) in [5.41, 5.74) is 5.38. The van der Waals surface area contributed by atoms with Crippen LogP contribution < -0.4 is 11.1 Å². The van der Waals surface area contributed by atoms with E-state index in [-0.39, 0.29) is 5.91 Å². The molecule has 96 valence electrons. The van der Waals surface area contributed by atoms with Gasteiger partial charge in [0.05, 0.1) is 0 Å². The molecule has 0 heterocycles. The van der Waals surface area contributed by atoms with Crippen LogP contribution in [0.1, 0.15) is 51.4 Å². The normalized spacial score (nSPS) is 10.4. The average molecular weight is 246 g/mol. The summed E-state index contributed by atoms with van der Waals surface area (Å²) < 4.78 is 0. The first-order valence-electron chi connectivity index (χ1n) is 6.39. The maximum absolute atomic E-state index is 11.3. The van der Waals surface area contributed by atoms with E-state index in [1.165, 1.54) is 19.3 Å². The third-order valence-corrected chi connectivity index (χ3v) is 2.83. The monoisotopic (exact) mass is 246 g/mol. The van der Waals surface area contributed by atoms with Crippen LogP contribution in [0.5, 0.6) is 0 Å². The van der Waals surface area contributed by atoms with Gasteiger partial charge < -0.3 is 11.1 Å². The number of amides is 1. The molecule has 16 heavy (non-hydrogen) atoms.